The van der Waals surface area contributed by atoms with E-state index in [4.69, 9.17) is 0 Å². The van der Waals surface area contributed by atoms with Gasteiger partial charge >= 0.3 is 6.09 Å². The monoisotopic (exact) mass is 343 g/mol. The van der Waals surface area contributed by atoms with Gasteiger partial charge in [-0.1, -0.05) is 35.4 Å². The van der Waals surface area contributed by atoms with E-state index >= 15 is 0 Å². The molecule has 0 unspecified atom stereocenters. The molecule has 2 aromatic carbocycles. The van der Waals surface area contributed by atoms with Crippen LogP contribution < -0.4 is 5.32 Å². The maximum atomic E-state index is 11.6. The average Bonchev–Trinajstić information content (AvgIpc) is 2.55. The van der Waals surface area contributed by atoms with Gasteiger partial charge in [0.05, 0.1) is 7.11 Å². The lowest BCUT2D eigenvalue weighted by atomic mass is 9.86. The molecular weight excluding hydrogens is 318 g/mol. The van der Waals surface area contributed by atoms with Crippen LogP contribution in [0.3, 0.4) is 0 Å². The molecule has 5 nitrogen and oxygen atoms in total. The van der Waals surface area contributed by atoms with Gasteiger partial charge in [0.1, 0.15) is 11.5 Å². The highest BCUT2D eigenvalue weighted by molar-refractivity contribution is 5.67. The van der Waals surface area contributed by atoms with Crippen molar-refractivity contribution < 1.29 is 19.7 Å². The fraction of sp³-hybridized carbons (Fsp3) is 0.350. The molecule has 134 valence electrons. The molecule has 0 spiro atoms. The fourth-order valence-electron chi connectivity index (χ4n) is 3.16. The van der Waals surface area contributed by atoms with Gasteiger partial charge in [0.25, 0.3) is 0 Å². The number of aromatic hydroxyl groups is 2. The molecule has 0 saturated carbocycles. The molecule has 2 rings (SSSR count). The number of methoxy groups -OCH3 is 1. The molecule has 3 N–H and O–H groups in total. The number of aryl methyl sites for hydroxylation is 4. The minimum absolute atomic E-state index is 0.167. The highest BCUT2D eigenvalue weighted by atomic mass is 16.5. The minimum Gasteiger partial charge on any atom is -0.507 e. The number of hydrogen-bond donors (Lipinski definition) is 3. The van der Waals surface area contributed by atoms with E-state index < -0.39 is 12.0 Å². The van der Waals surface area contributed by atoms with Crippen LogP contribution in [0, 0.1) is 27.7 Å². The summed E-state index contributed by atoms with van der Waals surface area (Å²) in [6.07, 6.45) is -0.558. The molecule has 0 radical (unpaired) electrons. The minimum atomic E-state index is -0.558. The van der Waals surface area contributed by atoms with E-state index in [9.17, 15) is 15.0 Å². The maximum Gasteiger partial charge on any atom is 0.406 e. The van der Waals surface area contributed by atoms with Gasteiger partial charge in [0.15, 0.2) is 0 Å². The van der Waals surface area contributed by atoms with Crippen LogP contribution in [0.15, 0.2) is 24.3 Å². The maximum absolute atomic E-state index is 11.6. The number of amides is 1. The Morgan fingerprint density at radius 2 is 1.40 bits per heavy atom. The first-order chi connectivity index (χ1) is 11.7. The van der Waals surface area contributed by atoms with E-state index in [2.05, 4.69) is 10.1 Å². The zero-order valence-electron chi connectivity index (χ0n) is 15.3. The summed E-state index contributed by atoms with van der Waals surface area (Å²) < 4.78 is 4.65. The molecule has 5 heteroatoms. The first kappa shape index (κ1) is 18.6. The van der Waals surface area contributed by atoms with Crippen LogP contribution in [0.4, 0.5) is 4.79 Å². The molecule has 0 heterocycles. The normalized spacial score (nSPS) is 10.8. The summed E-state index contributed by atoms with van der Waals surface area (Å²) in [7, 11) is 1.30. The second-order valence-corrected chi connectivity index (χ2v) is 6.46. The van der Waals surface area contributed by atoms with Crippen molar-refractivity contribution in [3.05, 3.63) is 57.6 Å². The van der Waals surface area contributed by atoms with Gasteiger partial charge < -0.3 is 20.3 Å². The van der Waals surface area contributed by atoms with Crippen molar-refractivity contribution in [3.8, 4) is 11.5 Å². The summed E-state index contributed by atoms with van der Waals surface area (Å²) in [6.45, 7) is 7.75. The Labute approximate surface area is 148 Å². The molecule has 0 aliphatic rings. The third-order valence-electron chi connectivity index (χ3n) is 4.34. The van der Waals surface area contributed by atoms with E-state index in [1.54, 1.807) is 0 Å². The third kappa shape index (κ3) is 4.05. The number of ether oxygens (including phenoxy) is 1. The summed E-state index contributed by atoms with van der Waals surface area (Å²) in [5, 5.41) is 23.8. The highest BCUT2D eigenvalue weighted by Gasteiger charge is 2.24. The van der Waals surface area contributed by atoms with Gasteiger partial charge in [0.2, 0.25) is 0 Å². The molecular formula is C20H25NO4. The summed E-state index contributed by atoms with van der Waals surface area (Å²) in [4.78, 5) is 11.6. The number of hydrogen-bond acceptors (Lipinski definition) is 4. The van der Waals surface area contributed by atoms with Crippen molar-refractivity contribution in [2.75, 3.05) is 13.7 Å². The van der Waals surface area contributed by atoms with E-state index in [0.29, 0.717) is 11.1 Å². The highest BCUT2D eigenvalue weighted by Crippen LogP contribution is 2.39. The Morgan fingerprint density at radius 3 is 1.80 bits per heavy atom. The van der Waals surface area contributed by atoms with Crippen molar-refractivity contribution in [3.63, 3.8) is 0 Å². The lowest BCUT2D eigenvalue weighted by Gasteiger charge is -2.23. The molecule has 0 aliphatic carbocycles. The van der Waals surface area contributed by atoms with Gasteiger partial charge in [-0.3, -0.25) is 0 Å². The summed E-state index contributed by atoms with van der Waals surface area (Å²) >= 11 is 0. The van der Waals surface area contributed by atoms with Crippen molar-refractivity contribution >= 4 is 6.09 Å². The van der Waals surface area contributed by atoms with Crippen LogP contribution in [-0.4, -0.2) is 30.0 Å². The number of carbonyl (C=O) groups is 1. The Bertz CT molecular complexity index is 741. The number of benzene rings is 2. The van der Waals surface area contributed by atoms with Crippen molar-refractivity contribution in [2.45, 2.75) is 33.6 Å². The van der Waals surface area contributed by atoms with Crippen molar-refractivity contribution in [2.24, 2.45) is 0 Å². The molecule has 2 aromatic rings. The molecule has 0 atom stereocenters. The largest absolute Gasteiger partial charge is 0.507 e. The number of rotatable bonds is 4. The van der Waals surface area contributed by atoms with Crippen LogP contribution in [-0.2, 0) is 4.74 Å². The Kier molecular flexibility index (Phi) is 5.57. The quantitative estimate of drug-likeness (QED) is 0.788. The number of carbonyl (C=O) groups excluding carboxylic acids is 1. The zero-order valence-corrected chi connectivity index (χ0v) is 15.3. The topological polar surface area (TPSA) is 78.8 Å². The smallest absolute Gasteiger partial charge is 0.406 e. The van der Waals surface area contributed by atoms with Crippen LogP contribution in [0.5, 0.6) is 11.5 Å². The molecule has 0 fully saturated rings. The Balaban J connectivity index is 2.61. The Morgan fingerprint density at radius 1 is 0.960 bits per heavy atom. The van der Waals surface area contributed by atoms with E-state index in [1.165, 1.54) is 7.11 Å². The van der Waals surface area contributed by atoms with Crippen molar-refractivity contribution in [1.82, 2.24) is 5.32 Å². The third-order valence-corrected chi connectivity index (χ3v) is 4.34. The molecule has 0 aromatic heterocycles. The lowest BCUT2D eigenvalue weighted by Crippen LogP contribution is -2.29. The molecule has 0 bridgehead atoms. The van der Waals surface area contributed by atoms with Crippen LogP contribution in [0.2, 0.25) is 0 Å². The van der Waals surface area contributed by atoms with E-state index in [-0.39, 0.29) is 18.0 Å². The molecule has 0 saturated heterocycles. The second-order valence-electron chi connectivity index (χ2n) is 6.46. The van der Waals surface area contributed by atoms with Crippen molar-refractivity contribution in [1.29, 1.82) is 0 Å². The molecule has 0 aliphatic heterocycles. The van der Waals surface area contributed by atoms with Crippen LogP contribution >= 0.6 is 0 Å². The summed E-state index contributed by atoms with van der Waals surface area (Å²) in [6, 6.07) is 7.54. The first-order valence-electron chi connectivity index (χ1n) is 8.16. The SMILES string of the molecule is COC(=O)NCC(c1cc(C)cc(C)c1O)c1cc(C)cc(C)c1O. The zero-order chi connectivity index (χ0) is 18.7. The van der Waals surface area contributed by atoms with Gasteiger partial charge in [-0.2, -0.15) is 0 Å². The van der Waals surface area contributed by atoms with Crippen LogP contribution in [0.25, 0.3) is 0 Å². The second kappa shape index (κ2) is 7.47. The van der Waals surface area contributed by atoms with Gasteiger partial charge in [-0.15, -0.1) is 0 Å². The first-order valence-corrected chi connectivity index (χ1v) is 8.16. The fourth-order valence-corrected chi connectivity index (χ4v) is 3.16. The molecule has 25 heavy (non-hydrogen) atoms. The number of alkyl carbamates (subject to hydrolysis) is 1. The lowest BCUT2D eigenvalue weighted by molar-refractivity contribution is 0.170. The number of nitrogens with one attached hydrogen (secondary N) is 1. The van der Waals surface area contributed by atoms with Crippen LogP contribution in [0.1, 0.15) is 39.3 Å². The predicted octanol–water partition coefficient (Wildman–Crippen LogP) is 3.82. The molecule has 1 amide bonds. The number of phenols is 2. The Hall–Kier alpha value is -2.69. The standard InChI is InChI=1S/C20H25NO4/c1-11-6-13(3)18(22)15(8-11)17(10-21-20(24)25-5)16-9-12(2)7-14(4)19(16)23/h6-9,17,22-23H,10H2,1-5H3,(H,21,24). The predicted molar refractivity (Wildman–Crippen MR) is 97.4 cm³/mol. The van der Waals surface area contributed by atoms with Gasteiger partial charge in [-0.05, 0) is 38.8 Å². The summed E-state index contributed by atoms with van der Waals surface area (Å²) in [5.74, 6) is -0.0713. The number of phenolic OH excluding ortho intramolecular Hbond substituents is 2. The van der Waals surface area contributed by atoms with E-state index in [1.807, 2.05) is 52.0 Å². The summed E-state index contributed by atoms with van der Waals surface area (Å²) in [5.41, 5.74) is 4.82. The van der Waals surface area contributed by atoms with Gasteiger partial charge in [0, 0.05) is 23.6 Å². The average molecular weight is 343 g/mol. The van der Waals surface area contributed by atoms with Gasteiger partial charge in [-0.25, -0.2) is 4.79 Å². The van der Waals surface area contributed by atoms with E-state index in [0.717, 1.165) is 22.3 Å².